The predicted molar refractivity (Wildman–Crippen MR) is 78.3 cm³/mol. The van der Waals surface area contributed by atoms with Gasteiger partial charge in [0.25, 0.3) is 0 Å². The molecule has 0 unspecified atom stereocenters. The summed E-state index contributed by atoms with van der Waals surface area (Å²) in [5, 5.41) is 8.97. The van der Waals surface area contributed by atoms with Crippen LogP contribution in [0.4, 0.5) is 5.69 Å². The zero-order valence-electron chi connectivity index (χ0n) is 11.3. The molecule has 0 aromatic heterocycles. The number of rotatable bonds is 1. The van der Waals surface area contributed by atoms with Crippen LogP contribution in [0.25, 0.3) is 11.1 Å². The molecule has 0 saturated heterocycles. The molecule has 0 aliphatic carbocycles. The van der Waals surface area contributed by atoms with E-state index in [0.717, 1.165) is 29.8 Å². The van der Waals surface area contributed by atoms with E-state index in [-0.39, 0.29) is 5.91 Å². The topological polar surface area (TPSA) is 44.1 Å². The predicted octanol–water partition coefficient (Wildman–Crippen LogP) is 3.13. The summed E-state index contributed by atoms with van der Waals surface area (Å²) in [5.41, 5.74) is 4.99. The average molecular weight is 262 g/mol. The SMILES string of the molecule is CC(=O)N1CCc2cc(-c3cccc(C#N)c3)ccc21. The summed E-state index contributed by atoms with van der Waals surface area (Å²) in [6.45, 7) is 2.35. The van der Waals surface area contributed by atoms with Gasteiger partial charge in [-0.25, -0.2) is 0 Å². The van der Waals surface area contributed by atoms with Gasteiger partial charge in [-0.1, -0.05) is 18.2 Å². The van der Waals surface area contributed by atoms with Crippen LogP contribution in [0, 0.1) is 11.3 Å². The third kappa shape index (κ3) is 2.06. The van der Waals surface area contributed by atoms with E-state index in [1.165, 1.54) is 5.56 Å². The van der Waals surface area contributed by atoms with Gasteiger partial charge in [0.2, 0.25) is 5.91 Å². The summed E-state index contributed by atoms with van der Waals surface area (Å²) < 4.78 is 0. The van der Waals surface area contributed by atoms with Crippen molar-refractivity contribution < 1.29 is 4.79 Å². The number of carbonyl (C=O) groups is 1. The Hall–Kier alpha value is -2.60. The molecule has 3 nitrogen and oxygen atoms in total. The maximum atomic E-state index is 11.5. The Balaban J connectivity index is 2.02. The first-order chi connectivity index (χ1) is 9.69. The van der Waals surface area contributed by atoms with Gasteiger partial charge in [-0.15, -0.1) is 0 Å². The molecule has 0 saturated carbocycles. The quantitative estimate of drug-likeness (QED) is 0.792. The fourth-order valence-electron chi connectivity index (χ4n) is 2.68. The molecular formula is C17H14N2O. The number of anilines is 1. The Morgan fingerprint density at radius 1 is 1.20 bits per heavy atom. The number of nitrogens with zero attached hydrogens (tertiary/aromatic N) is 2. The minimum absolute atomic E-state index is 0.0861. The first-order valence-corrected chi connectivity index (χ1v) is 6.60. The highest BCUT2D eigenvalue weighted by Gasteiger charge is 2.22. The van der Waals surface area contributed by atoms with Gasteiger partial charge in [0, 0.05) is 19.2 Å². The van der Waals surface area contributed by atoms with Gasteiger partial charge in [-0.05, 0) is 47.4 Å². The van der Waals surface area contributed by atoms with Crippen LogP contribution < -0.4 is 4.90 Å². The zero-order valence-corrected chi connectivity index (χ0v) is 11.3. The van der Waals surface area contributed by atoms with Gasteiger partial charge in [-0.3, -0.25) is 4.79 Å². The normalized spacial score (nSPS) is 12.9. The highest BCUT2D eigenvalue weighted by molar-refractivity contribution is 5.94. The van der Waals surface area contributed by atoms with Crippen molar-refractivity contribution in [3.63, 3.8) is 0 Å². The molecule has 2 aromatic rings. The van der Waals surface area contributed by atoms with Crippen molar-refractivity contribution >= 4 is 11.6 Å². The lowest BCUT2D eigenvalue weighted by molar-refractivity contribution is -0.116. The standard InChI is InChI=1S/C17H14N2O/c1-12(20)19-8-7-16-10-15(5-6-17(16)19)14-4-2-3-13(9-14)11-18/h2-6,9-10H,7-8H2,1H3. The van der Waals surface area contributed by atoms with Crippen LogP contribution in [0.1, 0.15) is 18.1 Å². The molecule has 3 rings (SSSR count). The fraction of sp³-hybridized carbons (Fsp3) is 0.176. The number of fused-ring (bicyclic) bond motifs is 1. The van der Waals surface area contributed by atoms with Crippen molar-refractivity contribution in [2.24, 2.45) is 0 Å². The van der Waals surface area contributed by atoms with Crippen LogP contribution >= 0.6 is 0 Å². The lowest BCUT2D eigenvalue weighted by Gasteiger charge is -2.15. The van der Waals surface area contributed by atoms with Crippen LogP contribution in [-0.2, 0) is 11.2 Å². The van der Waals surface area contributed by atoms with E-state index in [2.05, 4.69) is 12.1 Å². The van der Waals surface area contributed by atoms with Gasteiger partial charge in [-0.2, -0.15) is 5.26 Å². The van der Waals surface area contributed by atoms with E-state index in [1.54, 1.807) is 13.0 Å². The Morgan fingerprint density at radius 2 is 2.00 bits per heavy atom. The lowest BCUT2D eigenvalue weighted by atomic mass is 10.0. The smallest absolute Gasteiger partial charge is 0.223 e. The van der Waals surface area contributed by atoms with E-state index >= 15 is 0 Å². The van der Waals surface area contributed by atoms with Crippen LogP contribution in [0.15, 0.2) is 42.5 Å². The molecule has 2 aromatic carbocycles. The first-order valence-electron chi connectivity index (χ1n) is 6.60. The van der Waals surface area contributed by atoms with Gasteiger partial charge >= 0.3 is 0 Å². The van der Waals surface area contributed by atoms with E-state index in [4.69, 9.17) is 5.26 Å². The number of hydrogen-bond donors (Lipinski definition) is 0. The second-order valence-corrected chi connectivity index (χ2v) is 4.96. The Morgan fingerprint density at radius 3 is 2.75 bits per heavy atom. The van der Waals surface area contributed by atoms with Gasteiger partial charge in [0.05, 0.1) is 11.6 Å². The van der Waals surface area contributed by atoms with Crippen LogP contribution in [0.3, 0.4) is 0 Å². The second-order valence-electron chi connectivity index (χ2n) is 4.96. The van der Waals surface area contributed by atoms with Gasteiger partial charge in [0.1, 0.15) is 0 Å². The Labute approximate surface area is 118 Å². The molecule has 0 fully saturated rings. The summed E-state index contributed by atoms with van der Waals surface area (Å²) in [7, 11) is 0. The Kier molecular flexibility index (Phi) is 3.00. The van der Waals surface area contributed by atoms with Crippen molar-refractivity contribution in [2.75, 3.05) is 11.4 Å². The third-order valence-corrected chi connectivity index (χ3v) is 3.68. The van der Waals surface area contributed by atoms with Crippen LogP contribution in [-0.4, -0.2) is 12.5 Å². The minimum Gasteiger partial charge on any atom is -0.312 e. The molecule has 0 bridgehead atoms. The van der Waals surface area contributed by atoms with Crippen molar-refractivity contribution in [3.05, 3.63) is 53.6 Å². The molecule has 1 heterocycles. The summed E-state index contributed by atoms with van der Waals surface area (Å²) in [4.78, 5) is 13.3. The number of carbonyl (C=O) groups excluding carboxylic acids is 1. The third-order valence-electron chi connectivity index (χ3n) is 3.68. The molecule has 0 radical (unpaired) electrons. The molecule has 1 amide bonds. The van der Waals surface area contributed by atoms with Crippen molar-refractivity contribution in [1.29, 1.82) is 5.26 Å². The lowest BCUT2D eigenvalue weighted by Crippen LogP contribution is -2.25. The molecule has 1 aliphatic heterocycles. The summed E-state index contributed by atoms with van der Waals surface area (Å²) in [6.07, 6.45) is 0.890. The molecule has 0 atom stereocenters. The average Bonchev–Trinajstić information content (AvgIpc) is 2.90. The molecule has 3 heteroatoms. The van der Waals surface area contributed by atoms with E-state index in [9.17, 15) is 4.79 Å². The maximum Gasteiger partial charge on any atom is 0.223 e. The number of hydrogen-bond acceptors (Lipinski definition) is 2. The molecule has 0 N–H and O–H groups in total. The second kappa shape index (κ2) is 4.82. The highest BCUT2D eigenvalue weighted by Crippen LogP contribution is 2.32. The van der Waals surface area contributed by atoms with E-state index < -0.39 is 0 Å². The van der Waals surface area contributed by atoms with Gasteiger partial charge < -0.3 is 4.90 Å². The zero-order chi connectivity index (χ0) is 14.1. The summed E-state index contributed by atoms with van der Waals surface area (Å²) in [6, 6.07) is 15.9. The molecule has 1 aliphatic rings. The molecule has 0 spiro atoms. The van der Waals surface area contributed by atoms with Crippen molar-refractivity contribution in [2.45, 2.75) is 13.3 Å². The van der Waals surface area contributed by atoms with Crippen LogP contribution in [0.2, 0.25) is 0 Å². The highest BCUT2D eigenvalue weighted by atomic mass is 16.2. The number of benzene rings is 2. The summed E-state index contributed by atoms with van der Waals surface area (Å²) in [5.74, 6) is 0.0861. The number of nitriles is 1. The van der Waals surface area contributed by atoms with Crippen LogP contribution in [0.5, 0.6) is 0 Å². The maximum absolute atomic E-state index is 11.5. The molecule has 20 heavy (non-hydrogen) atoms. The number of amides is 1. The fourth-order valence-corrected chi connectivity index (χ4v) is 2.68. The van der Waals surface area contributed by atoms with Crippen molar-refractivity contribution in [3.8, 4) is 17.2 Å². The van der Waals surface area contributed by atoms with E-state index in [1.807, 2.05) is 35.2 Å². The largest absolute Gasteiger partial charge is 0.312 e. The molecular weight excluding hydrogens is 248 g/mol. The minimum atomic E-state index is 0.0861. The monoisotopic (exact) mass is 262 g/mol. The van der Waals surface area contributed by atoms with Gasteiger partial charge in [0.15, 0.2) is 0 Å². The van der Waals surface area contributed by atoms with E-state index in [0.29, 0.717) is 5.56 Å². The summed E-state index contributed by atoms with van der Waals surface area (Å²) >= 11 is 0. The first kappa shape index (κ1) is 12.4. The Bertz CT molecular complexity index is 728. The molecule has 98 valence electrons. The van der Waals surface area contributed by atoms with Crippen molar-refractivity contribution in [1.82, 2.24) is 0 Å².